The molecule has 1 aromatic heterocycles. The van der Waals surface area contributed by atoms with Crippen LogP contribution in [0, 0.1) is 6.92 Å². The maximum atomic E-state index is 12.3. The Balaban J connectivity index is 1.48. The molecule has 1 saturated carbocycles. The minimum Gasteiger partial charge on any atom is -0.353 e. The Morgan fingerprint density at radius 2 is 2.04 bits per heavy atom. The van der Waals surface area contributed by atoms with Crippen LogP contribution in [0.5, 0.6) is 0 Å². The summed E-state index contributed by atoms with van der Waals surface area (Å²) in [5.41, 5.74) is 2.37. The van der Waals surface area contributed by atoms with E-state index in [0.29, 0.717) is 12.6 Å². The molecule has 1 fully saturated rings. The van der Waals surface area contributed by atoms with Gasteiger partial charge >= 0.3 is 0 Å². The van der Waals surface area contributed by atoms with Crippen LogP contribution in [0.15, 0.2) is 30.5 Å². The molecular weight excluding hydrogens is 298 g/mol. The number of benzene rings is 1. The SMILES string of the molecule is Cc1cccc2ccn(CC(=O)NCCN(C)C3CCCCC3)c12. The van der Waals surface area contributed by atoms with Gasteiger partial charge in [-0.15, -0.1) is 0 Å². The second-order valence-electron chi connectivity index (χ2n) is 7.08. The molecule has 0 aliphatic heterocycles. The summed E-state index contributed by atoms with van der Waals surface area (Å²) >= 11 is 0. The Hall–Kier alpha value is -1.81. The monoisotopic (exact) mass is 327 g/mol. The van der Waals surface area contributed by atoms with Crippen molar-refractivity contribution in [2.45, 2.75) is 51.6 Å². The number of likely N-dealkylation sites (N-methyl/N-ethyl adjacent to an activating group) is 1. The Labute approximate surface area is 144 Å². The fourth-order valence-electron chi connectivity index (χ4n) is 3.87. The zero-order valence-corrected chi connectivity index (χ0v) is 14.9. The average Bonchev–Trinajstić information content (AvgIpc) is 3.00. The molecule has 0 saturated heterocycles. The number of fused-ring (bicyclic) bond motifs is 1. The number of aryl methyl sites for hydroxylation is 1. The molecule has 1 aliphatic rings. The molecule has 1 aromatic carbocycles. The summed E-state index contributed by atoms with van der Waals surface area (Å²) in [5, 5.41) is 4.27. The van der Waals surface area contributed by atoms with Crippen LogP contribution >= 0.6 is 0 Å². The van der Waals surface area contributed by atoms with E-state index >= 15 is 0 Å². The summed E-state index contributed by atoms with van der Waals surface area (Å²) in [6.07, 6.45) is 8.69. The van der Waals surface area contributed by atoms with Crippen molar-refractivity contribution in [3.8, 4) is 0 Å². The number of rotatable bonds is 6. The van der Waals surface area contributed by atoms with Crippen molar-refractivity contribution in [1.29, 1.82) is 0 Å². The number of aromatic nitrogens is 1. The Morgan fingerprint density at radius 3 is 2.83 bits per heavy atom. The molecule has 0 bridgehead atoms. The Bertz CT molecular complexity index is 685. The van der Waals surface area contributed by atoms with E-state index < -0.39 is 0 Å². The van der Waals surface area contributed by atoms with Gasteiger partial charge in [0.05, 0.1) is 5.52 Å². The maximum Gasteiger partial charge on any atom is 0.239 e. The van der Waals surface area contributed by atoms with Gasteiger partial charge in [-0.1, -0.05) is 37.5 Å². The van der Waals surface area contributed by atoms with Crippen molar-refractivity contribution >= 4 is 16.8 Å². The predicted molar refractivity (Wildman–Crippen MR) is 99.2 cm³/mol. The van der Waals surface area contributed by atoms with Crippen LogP contribution in [0.25, 0.3) is 10.9 Å². The first-order valence-corrected chi connectivity index (χ1v) is 9.16. The van der Waals surface area contributed by atoms with Gasteiger partial charge < -0.3 is 14.8 Å². The fourth-order valence-corrected chi connectivity index (χ4v) is 3.87. The lowest BCUT2D eigenvalue weighted by Gasteiger charge is -2.31. The van der Waals surface area contributed by atoms with Crippen LogP contribution in [0.4, 0.5) is 0 Å². The largest absolute Gasteiger partial charge is 0.353 e. The summed E-state index contributed by atoms with van der Waals surface area (Å²) in [7, 11) is 2.19. The van der Waals surface area contributed by atoms with E-state index in [-0.39, 0.29) is 5.91 Å². The standard InChI is InChI=1S/C20H29N3O/c1-16-7-6-8-17-11-13-23(20(16)17)15-19(24)21-12-14-22(2)18-9-4-3-5-10-18/h6-8,11,13,18H,3-5,9-10,12,14-15H2,1-2H3,(H,21,24). The number of nitrogens with one attached hydrogen (secondary N) is 1. The van der Waals surface area contributed by atoms with Crippen molar-refractivity contribution in [3.63, 3.8) is 0 Å². The summed E-state index contributed by atoms with van der Waals surface area (Å²) in [6.45, 7) is 4.14. The van der Waals surface area contributed by atoms with E-state index in [1.54, 1.807) is 0 Å². The van der Waals surface area contributed by atoms with Crippen molar-refractivity contribution in [1.82, 2.24) is 14.8 Å². The van der Waals surface area contributed by atoms with Gasteiger partial charge in [-0.05, 0) is 43.8 Å². The molecule has 4 nitrogen and oxygen atoms in total. The topological polar surface area (TPSA) is 37.3 Å². The molecule has 2 aromatic rings. The van der Waals surface area contributed by atoms with Gasteiger partial charge in [0.25, 0.3) is 0 Å². The lowest BCUT2D eigenvalue weighted by molar-refractivity contribution is -0.121. The zero-order chi connectivity index (χ0) is 16.9. The van der Waals surface area contributed by atoms with Crippen LogP contribution in [0.2, 0.25) is 0 Å². The molecule has 0 unspecified atom stereocenters. The Kier molecular flexibility index (Phi) is 5.56. The number of hydrogen-bond donors (Lipinski definition) is 1. The zero-order valence-electron chi connectivity index (χ0n) is 14.9. The maximum absolute atomic E-state index is 12.3. The third-order valence-electron chi connectivity index (χ3n) is 5.29. The summed E-state index contributed by atoms with van der Waals surface area (Å²) < 4.78 is 2.05. The van der Waals surface area contributed by atoms with Gasteiger partial charge in [-0.2, -0.15) is 0 Å². The Morgan fingerprint density at radius 1 is 1.25 bits per heavy atom. The van der Waals surface area contributed by atoms with E-state index in [1.807, 2.05) is 10.8 Å². The first-order valence-electron chi connectivity index (χ1n) is 9.16. The third kappa shape index (κ3) is 3.99. The average molecular weight is 327 g/mol. The molecule has 0 spiro atoms. The van der Waals surface area contributed by atoms with Crippen LogP contribution in [0.3, 0.4) is 0 Å². The minimum absolute atomic E-state index is 0.0906. The van der Waals surface area contributed by atoms with E-state index in [9.17, 15) is 4.79 Å². The molecule has 4 heteroatoms. The van der Waals surface area contributed by atoms with Gasteiger partial charge in [-0.3, -0.25) is 4.79 Å². The number of amides is 1. The van der Waals surface area contributed by atoms with Crippen LogP contribution in [-0.2, 0) is 11.3 Å². The van der Waals surface area contributed by atoms with E-state index in [2.05, 4.69) is 48.5 Å². The molecule has 1 heterocycles. The van der Waals surface area contributed by atoms with E-state index in [1.165, 1.54) is 43.1 Å². The molecule has 0 atom stereocenters. The summed E-state index contributed by atoms with van der Waals surface area (Å²) in [5.74, 6) is 0.0906. The van der Waals surface area contributed by atoms with Gasteiger partial charge in [0, 0.05) is 25.3 Å². The highest BCUT2D eigenvalue weighted by Crippen LogP contribution is 2.21. The fraction of sp³-hybridized carbons (Fsp3) is 0.550. The van der Waals surface area contributed by atoms with Gasteiger partial charge in [-0.25, -0.2) is 0 Å². The van der Waals surface area contributed by atoms with E-state index in [4.69, 9.17) is 0 Å². The lowest BCUT2D eigenvalue weighted by Crippen LogP contribution is -2.40. The second-order valence-corrected chi connectivity index (χ2v) is 7.08. The molecule has 24 heavy (non-hydrogen) atoms. The van der Waals surface area contributed by atoms with Gasteiger partial charge in [0.1, 0.15) is 6.54 Å². The normalized spacial score (nSPS) is 16.0. The van der Waals surface area contributed by atoms with Crippen molar-refractivity contribution in [3.05, 3.63) is 36.0 Å². The number of hydrogen-bond acceptors (Lipinski definition) is 2. The first kappa shape index (κ1) is 17.0. The second kappa shape index (κ2) is 7.84. The highest BCUT2D eigenvalue weighted by Gasteiger charge is 2.17. The van der Waals surface area contributed by atoms with Crippen LogP contribution < -0.4 is 5.32 Å². The molecule has 1 aliphatic carbocycles. The predicted octanol–water partition coefficient (Wildman–Crippen LogP) is 3.33. The van der Waals surface area contributed by atoms with Gasteiger partial charge in [0.15, 0.2) is 0 Å². The van der Waals surface area contributed by atoms with E-state index in [0.717, 1.165) is 18.6 Å². The molecule has 3 rings (SSSR count). The number of carbonyl (C=O) groups excluding carboxylic acids is 1. The summed E-state index contributed by atoms with van der Waals surface area (Å²) in [6, 6.07) is 9.02. The van der Waals surface area contributed by atoms with Crippen molar-refractivity contribution < 1.29 is 4.79 Å². The highest BCUT2D eigenvalue weighted by molar-refractivity contribution is 5.85. The quantitative estimate of drug-likeness (QED) is 0.883. The van der Waals surface area contributed by atoms with Crippen molar-refractivity contribution in [2.24, 2.45) is 0 Å². The molecule has 1 amide bonds. The number of nitrogens with zero attached hydrogens (tertiary/aromatic N) is 2. The molecule has 1 N–H and O–H groups in total. The number of para-hydroxylation sites is 1. The van der Waals surface area contributed by atoms with Crippen molar-refractivity contribution in [2.75, 3.05) is 20.1 Å². The first-order chi connectivity index (χ1) is 11.6. The lowest BCUT2D eigenvalue weighted by atomic mass is 9.94. The van der Waals surface area contributed by atoms with Crippen LogP contribution in [0.1, 0.15) is 37.7 Å². The smallest absolute Gasteiger partial charge is 0.239 e. The molecule has 130 valence electrons. The van der Waals surface area contributed by atoms with Gasteiger partial charge in [0.2, 0.25) is 5.91 Å². The molecular formula is C20H29N3O. The number of carbonyl (C=O) groups is 1. The minimum atomic E-state index is 0.0906. The van der Waals surface area contributed by atoms with Crippen LogP contribution in [-0.4, -0.2) is 41.6 Å². The summed E-state index contributed by atoms with van der Waals surface area (Å²) in [4.78, 5) is 14.7. The highest BCUT2D eigenvalue weighted by atomic mass is 16.1. The third-order valence-corrected chi connectivity index (χ3v) is 5.29. The molecule has 0 radical (unpaired) electrons.